The number of halogens is 1. The Morgan fingerprint density at radius 2 is 1.92 bits per heavy atom. The zero-order valence-corrected chi connectivity index (χ0v) is 17.8. The van der Waals surface area contributed by atoms with E-state index >= 15 is 0 Å². The minimum atomic E-state index is 0. The molecule has 1 fully saturated rings. The molecule has 0 radical (unpaired) electrons. The predicted octanol–water partition coefficient (Wildman–Crippen LogP) is 2.23. The quantitative estimate of drug-likeness (QED) is 0.243. The van der Waals surface area contributed by atoms with Crippen LogP contribution in [0.4, 0.5) is 0 Å². The summed E-state index contributed by atoms with van der Waals surface area (Å²) in [5.41, 5.74) is 0. The van der Waals surface area contributed by atoms with Crippen LogP contribution in [0.3, 0.4) is 0 Å². The third-order valence-corrected chi connectivity index (χ3v) is 4.27. The first-order chi connectivity index (χ1) is 11.2. The van der Waals surface area contributed by atoms with E-state index < -0.39 is 0 Å². The molecular formula is C17H35IN4O2. The fraction of sp³-hybridized carbons (Fsp3) is 0.882. The highest BCUT2D eigenvalue weighted by atomic mass is 127. The number of nitrogens with zero attached hydrogens (tertiary/aromatic N) is 2. The van der Waals surface area contributed by atoms with Crippen molar-refractivity contribution in [1.82, 2.24) is 15.5 Å². The molecule has 0 saturated carbocycles. The van der Waals surface area contributed by atoms with Crippen molar-refractivity contribution < 1.29 is 9.53 Å². The van der Waals surface area contributed by atoms with Gasteiger partial charge in [-0.05, 0) is 31.6 Å². The minimum Gasteiger partial charge on any atom is -0.381 e. The first-order valence-corrected chi connectivity index (χ1v) is 8.95. The van der Waals surface area contributed by atoms with Crippen molar-refractivity contribution in [3.8, 4) is 0 Å². The van der Waals surface area contributed by atoms with Crippen LogP contribution in [-0.2, 0) is 9.53 Å². The molecule has 1 heterocycles. The van der Waals surface area contributed by atoms with Gasteiger partial charge in [0.05, 0.1) is 0 Å². The number of aliphatic imine (C=N–C) groups is 1. The van der Waals surface area contributed by atoms with Crippen LogP contribution >= 0.6 is 24.0 Å². The highest BCUT2D eigenvalue weighted by Gasteiger charge is 2.22. The van der Waals surface area contributed by atoms with Gasteiger partial charge in [-0.1, -0.05) is 13.3 Å². The maximum atomic E-state index is 11.4. The van der Waals surface area contributed by atoms with Gasteiger partial charge in [-0.2, -0.15) is 0 Å². The largest absolute Gasteiger partial charge is 0.381 e. The molecule has 1 amide bonds. The van der Waals surface area contributed by atoms with Gasteiger partial charge in [-0.3, -0.25) is 9.79 Å². The maximum absolute atomic E-state index is 11.4. The molecule has 0 unspecified atom stereocenters. The molecule has 0 aromatic carbocycles. The molecule has 2 N–H and O–H groups in total. The molecule has 1 rings (SSSR count). The van der Waals surface area contributed by atoms with Gasteiger partial charge in [0, 0.05) is 53.4 Å². The summed E-state index contributed by atoms with van der Waals surface area (Å²) in [5.74, 6) is 1.61. The third kappa shape index (κ3) is 9.66. The van der Waals surface area contributed by atoms with Gasteiger partial charge in [0.25, 0.3) is 0 Å². The molecule has 0 aromatic rings. The molecule has 1 saturated heterocycles. The predicted molar refractivity (Wildman–Crippen MR) is 110 cm³/mol. The Balaban J connectivity index is 0.00000529. The number of unbranched alkanes of at least 4 members (excludes halogenated alkanes) is 1. The van der Waals surface area contributed by atoms with Crippen molar-refractivity contribution in [3.63, 3.8) is 0 Å². The number of carbonyl (C=O) groups excluding carboxylic acids is 1. The second kappa shape index (κ2) is 14.7. The van der Waals surface area contributed by atoms with E-state index in [1.54, 1.807) is 7.05 Å². The first-order valence-electron chi connectivity index (χ1n) is 8.95. The van der Waals surface area contributed by atoms with Crippen LogP contribution in [0.2, 0.25) is 0 Å². The Kier molecular flexibility index (Phi) is 14.4. The van der Waals surface area contributed by atoms with E-state index in [2.05, 4.69) is 27.4 Å². The maximum Gasteiger partial charge on any atom is 0.220 e. The number of hydrogen-bond acceptors (Lipinski definition) is 3. The summed E-state index contributed by atoms with van der Waals surface area (Å²) in [6, 6.07) is 0. The monoisotopic (exact) mass is 454 g/mol. The Morgan fingerprint density at radius 3 is 2.50 bits per heavy atom. The van der Waals surface area contributed by atoms with Crippen LogP contribution in [0.1, 0.15) is 45.4 Å². The molecule has 6 nitrogen and oxygen atoms in total. The number of hydrogen-bond donors (Lipinski definition) is 2. The molecule has 0 atom stereocenters. The number of ether oxygens (including phenoxy) is 1. The van der Waals surface area contributed by atoms with E-state index in [4.69, 9.17) is 4.74 Å². The lowest BCUT2D eigenvalue weighted by molar-refractivity contribution is -0.121. The standard InChI is InChI=1S/C17H34N4O2.HI/c1-4-5-12-23-13-6-9-20-17(19-3)21-10-7-15(8-11-21)14-16(22)18-2;/h15H,4-14H2,1-3H3,(H,18,22)(H,19,20);1H. The van der Waals surface area contributed by atoms with Gasteiger partial charge in [0.2, 0.25) is 5.91 Å². The number of piperidine rings is 1. The van der Waals surface area contributed by atoms with Gasteiger partial charge in [-0.15, -0.1) is 24.0 Å². The Hall–Kier alpha value is -0.570. The van der Waals surface area contributed by atoms with Crippen LogP contribution in [0.5, 0.6) is 0 Å². The second-order valence-electron chi connectivity index (χ2n) is 6.10. The minimum absolute atomic E-state index is 0. The lowest BCUT2D eigenvalue weighted by Crippen LogP contribution is -2.46. The van der Waals surface area contributed by atoms with Crippen LogP contribution in [-0.4, -0.2) is 63.7 Å². The van der Waals surface area contributed by atoms with E-state index in [1.807, 2.05) is 7.05 Å². The normalized spacial score (nSPS) is 15.8. The van der Waals surface area contributed by atoms with E-state index in [9.17, 15) is 4.79 Å². The van der Waals surface area contributed by atoms with Gasteiger partial charge in [0.15, 0.2) is 5.96 Å². The molecular weight excluding hydrogens is 419 g/mol. The molecule has 24 heavy (non-hydrogen) atoms. The summed E-state index contributed by atoms with van der Waals surface area (Å²) in [6.45, 7) is 6.66. The smallest absolute Gasteiger partial charge is 0.220 e. The van der Waals surface area contributed by atoms with Gasteiger partial charge in [0.1, 0.15) is 0 Å². The molecule has 7 heteroatoms. The summed E-state index contributed by atoms with van der Waals surface area (Å²) in [5, 5.41) is 6.12. The van der Waals surface area contributed by atoms with Crippen LogP contribution in [0, 0.1) is 5.92 Å². The van der Waals surface area contributed by atoms with Crippen LogP contribution in [0.25, 0.3) is 0 Å². The average Bonchev–Trinajstić information content (AvgIpc) is 2.58. The summed E-state index contributed by atoms with van der Waals surface area (Å²) in [7, 11) is 3.53. The van der Waals surface area contributed by atoms with Crippen molar-refractivity contribution in [2.24, 2.45) is 10.9 Å². The number of rotatable bonds is 9. The van der Waals surface area contributed by atoms with Crippen LogP contribution in [0.15, 0.2) is 4.99 Å². The molecule has 0 aromatic heterocycles. The van der Waals surface area contributed by atoms with E-state index in [0.717, 1.165) is 64.5 Å². The number of nitrogens with one attached hydrogen (secondary N) is 2. The summed E-state index contributed by atoms with van der Waals surface area (Å²) in [6.07, 6.45) is 6.06. The van der Waals surface area contributed by atoms with Gasteiger partial charge in [-0.25, -0.2) is 0 Å². The lowest BCUT2D eigenvalue weighted by Gasteiger charge is -2.34. The van der Waals surface area contributed by atoms with E-state index in [1.165, 1.54) is 6.42 Å². The molecule has 1 aliphatic rings. The Labute approximate surface area is 164 Å². The molecule has 0 spiro atoms. The fourth-order valence-corrected chi connectivity index (χ4v) is 2.77. The van der Waals surface area contributed by atoms with Crippen molar-refractivity contribution in [2.45, 2.75) is 45.4 Å². The van der Waals surface area contributed by atoms with E-state index in [-0.39, 0.29) is 29.9 Å². The topological polar surface area (TPSA) is 66.0 Å². The first kappa shape index (κ1) is 23.4. The fourth-order valence-electron chi connectivity index (χ4n) is 2.77. The van der Waals surface area contributed by atoms with Gasteiger partial charge >= 0.3 is 0 Å². The Morgan fingerprint density at radius 1 is 1.25 bits per heavy atom. The SMILES string of the molecule is CCCCOCCCNC(=NC)N1CCC(CC(=O)NC)CC1.I. The van der Waals surface area contributed by atoms with Crippen LogP contribution < -0.4 is 10.6 Å². The van der Waals surface area contributed by atoms with Crippen molar-refractivity contribution in [3.05, 3.63) is 0 Å². The summed E-state index contributed by atoms with van der Waals surface area (Å²) < 4.78 is 5.57. The average molecular weight is 454 g/mol. The third-order valence-electron chi connectivity index (χ3n) is 4.27. The second-order valence-corrected chi connectivity index (χ2v) is 6.10. The number of guanidine groups is 1. The van der Waals surface area contributed by atoms with Crippen molar-refractivity contribution in [1.29, 1.82) is 0 Å². The van der Waals surface area contributed by atoms with Gasteiger partial charge < -0.3 is 20.3 Å². The summed E-state index contributed by atoms with van der Waals surface area (Å²) >= 11 is 0. The number of carbonyl (C=O) groups is 1. The zero-order valence-electron chi connectivity index (χ0n) is 15.5. The van der Waals surface area contributed by atoms with E-state index in [0.29, 0.717) is 12.3 Å². The number of likely N-dealkylation sites (tertiary alicyclic amines) is 1. The summed E-state index contributed by atoms with van der Waals surface area (Å²) in [4.78, 5) is 18.1. The zero-order chi connectivity index (χ0) is 16.9. The molecule has 142 valence electrons. The lowest BCUT2D eigenvalue weighted by atomic mass is 9.93. The Bertz CT molecular complexity index is 358. The number of amides is 1. The highest BCUT2D eigenvalue weighted by molar-refractivity contribution is 14.0. The molecule has 0 bridgehead atoms. The van der Waals surface area contributed by atoms with Crippen molar-refractivity contribution in [2.75, 3.05) is 46.9 Å². The highest BCUT2D eigenvalue weighted by Crippen LogP contribution is 2.20. The van der Waals surface area contributed by atoms with Crippen molar-refractivity contribution >= 4 is 35.8 Å². The molecule has 0 aliphatic carbocycles. The molecule has 1 aliphatic heterocycles.